The van der Waals surface area contributed by atoms with Gasteiger partial charge < -0.3 is 4.90 Å². The van der Waals surface area contributed by atoms with Gasteiger partial charge in [0, 0.05) is 26.0 Å². The highest BCUT2D eigenvalue weighted by atomic mass is 35.5. The van der Waals surface area contributed by atoms with E-state index in [-0.39, 0.29) is 5.91 Å². The van der Waals surface area contributed by atoms with Gasteiger partial charge in [-0.05, 0) is 18.6 Å². The average molecular weight is 275 g/mol. The molecule has 0 aliphatic heterocycles. The molecule has 2 rings (SSSR count). The summed E-state index contributed by atoms with van der Waals surface area (Å²) in [6.45, 7) is 2.58. The maximum atomic E-state index is 12.3. The van der Waals surface area contributed by atoms with E-state index in [1.165, 1.54) is 11.8 Å². The molecule has 0 bridgehead atoms. The van der Waals surface area contributed by atoms with Crippen molar-refractivity contribution in [3.8, 4) is 0 Å². The highest BCUT2D eigenvalue weighted by Crippen LogP contribution is 2.16. The summed E-state index contributed by atoms with van der Waals surface area (Å²) >= 11 is 6.00. The third kappa shape index (κ3) is 3.32. The van der Waals surface area contributed by atoms with Crippen LogP contribution in [0.25, 0.3) is 0 Å². The molecule has 1 aromatic carbocycles. The number of rotatable bonds is 3. The maximum absolute atomic E-state index is 12.3. The summed E-state index contributed by atoms with van der Waals surface area (Å²) in [4.78, 5) is 17.8. The predicted octanol–water partition coefficient (Wildman–Crippen LogP) is 3.32. The number of benzene rings is 1. The summed E-state index contributed by atoms with van der Waals surface area (Å²) in [7, 11) is 1.76. The number of aryl methyl sites for hydroxylation is 1. The van der Waals surface area contributed by atoms with Gasteiger partial charge in [0.2, 0.25) is 0 Å². The lowest BCUT2D eigenvalue weighted by Gasteiger charge is -2.18. The number of carbonyl (C=O) groups is 1. The van der Waals surface area contributed by atoms with Crippen LogP contribution >= 0.6 is 11.6 Å². The van der Waals surface area contributed by atoms with Crippen molar-refractivity contribution in [2.24, 2.45) is 0 Å². The molecule has 0 N–H and O–H groups in total. The summed E-state index contributed by atoms with van der Waals surface area (Å²) < 4.78 is 0. The Balaban J connectivity index is 2.14. The number of hydrogen-bond acceptors (Lipinski definition) is 2. The van der Waals surface area contributed by atoms with Crippen molar-refractivity contribution in [1.29, 1.82) is 0 Å². The Kier molecular flexibility index (Phi) is 4.17. The molecule has 1 aromatic heterocycles. The van der Waals surface area contributed by atoms with E-state index in [2.05, 4.69) is 11.1 Å². The zero-order valence-corrected chi connectivity index (χ0v) is 11.7. The lowest BCUT2D eigenvalue weighted by Crippen LogP contribution is -2.26. The van der Waals surface area contributed by atoms with Crippen LogP contribution in [0.15, 0.2) is 42.7 Å². The van der Waals surface area contributed by atoms with Crippen LogP contribution in [-0.2, 0) is 6.54 Å². The summed E-state index contributed by atoms with van der Waals surface area (Å²) in [6, 6.07) is 9.70. The van der Waals surface area contributed by atoms with E-state index in [0.29, 0.717) is 17.1 Å². The zero-order valence-electron chi connectivity index (χ0n) is 10.9. The van der Waals surface area contributed by atoms with Crippen molar-refractivity contribution < 1.29 is 4.79 Å². The fraction of sp³-hybridized carbons (Fsp3) is 0.200. The van der Waals surface area contributed by atoms with Gasteiger partial charge in [-0.1, -0.05) is 41.4 Å². The van der Waals surface area contributed by atoms with Crippen LogP contribution in [0.4, 0.5) is 0 Å². The summed E-state index contributed by atoms with van der Waals surface area (Å²) in [5, 5.41) is 0.427. The van der Waals surface area contributed by atoms with E-state index in [4.69, 9.17) is 11.6 Å². The highest BCUT2D eigenvalue weighted by molar-refractivity contribution is 6.33. The number of halogens is 1. The molecule has 0 radical (unpaired) electrons. The van der Waals surface area contributed by atoms with Crippen LogP contribution in [0.3, 0.4) is 0 Å². The first kappa shape index (κ1) is 13.6. The standard InChI is InChI=1S/C15H15ClN2O/c1-11-4-3-5-12(8-11)10-18(2)15(19)13-9-17-7-6-14(13)16/h3-9H,10H2,1-2H3. The number of amides is 1. The minimum Gasteiger partial charge on any atom is -0.337 e. The molecule has 0 spiro atoms. The van der Waals surface area contributed by atoms with E-state index < -0.39 is 0 Å². The smallest absolute Gasteiger partial charge is 0.256 e. The Labute approximate surface area is 117 Å². The van der Waals surface area contributed by atoms with Crippen LogP contribution < -0.4 is 0 Å². The van der Waals surface area contributed by atoms with Crippen LogP contribution in [0.1, 0.15) is 21.5 Å². The van der Waals surface area contributed by atoms with Crippen LogP contribution in [0.2, 0.25) is 5.02 Å². The van der Waals surface area contributed by atoms with Crippen LogP contribution in [0, 0.1) is 6.92 Å². The van der Waals surface area contributed by atoms with Crippen molar-refractivity contribution in [3.05, 3.63) is 64.4 Å². The van der Waals surface area contributed by atoms with E-state index in [1.807, 2.05) is 25.1 Å². The van der Waals surface area contributed by atoms with Crippen molar-refractivity contribution in [3.63, 3.8) is 0 Å². The predicted molar refractivity (Wildman–Crippen MR) is 76.2 cm³/mol. The molecule has 19 heavy (non-hydrogen) atoms. The lowest BCUT2D eigenvalue weighted by atomic mass is 10.1. The van der Waals surface area contributed by atoms with Gasteiger partial charge >= 0.3 is 0 Å². The second-order valence-electron chi connectivity index (χ2n) is 4.51. The third-order valence-electron chi connectivity index (χ3n) is 2.85. The number of aromatic nitrogens is 1. The van der Waals surface area contributed by atoms with Gasteiger partial charge in [0.05, 0.1) is 10.6 Å². The van der Waals surface area contributed by atoms with Crippen molar-refractivity contribution in [2.45, 2.75) is 13.5 Å². The van der Waals surface area contributed by atoms with E-state index in [1.54, 1.807) is 24.2 Å². The van der Waals surface area contributed by atoms with Gasteiger partial charge in [0.25, 0.3) is 5.91 Å². The Hall–Kier alpha value is -1.87. The van der Waals surface area contributed by atoms with Crippen molar-refractivity contribution in [1.82, 2.24) is 9.88 Å². The summed E-state index contributed by atoms with van der Waals surface area (Å²) in [5.74, 6) is -0.125. The second-order valence-corrected chi connectivity index (χ2v) is 4.91. The number of hydrogen-bond donors (Lipinski definition) is 0. The van der Waals surface area contributed by atoms with Gasteiger partial charge in [-0.3, -0.25) is 9.78 Å². The molecule has 0 saturated heterocycles. The van der Waals surface area contributed by atoms with Crippen molar-refractivity contribution >= 4 is 17.5 Å². The van der Waals surface area contributed by atoms with Gasteiger partial charge in [-0.2, -0.15) is 0 Å². The first-order valence-electron chi connectivity index (χ1n) is 5.98. The highest BCUT2D eigenvalue weighted by Gasteiger charge is 2.15. The van der Waals surface area contributed by atoms with Gasteiger partial charge in [-0.15, -0.1) is 0 Å². The average Bonchev–Trinajstić information content (AvgIpc) is 2.38. The number of carbonyl (C=O) groups excluding carboxylic acids is 1. The molecular formula is C15H15ClN2O. The fourth-order valence-corrected chi connectivity index (χ4v) is 2.08. The maximum Gasteiger partial charge on any atom is 0.256 e. The van der Waals surface area contributed by atoms with E-state index in [9.17, 15) is 4.79 Å². The third-order valence-corrected chi connectivity index (χ3v) is 3.18. The van der Waals surface area contributed by atoms with E-state index >= 15 is 0 Å². The molecule has 4 heteroatoms. The molecule has 2 aromatic rings. The van der Waals surface area contributed by atoms with Gasteiger partial charge in [0.1, 0.15) is 0 Å². The minimum atomic E-state index is -0.125. The van der Waals surface area contributed by atoms with Gasteiger partial charge in [0.15, 0.2) is 0 Å². The van der Waals surface area contributed by atoms with Crippen molar-refractivity contribution in [2.75, 3.05) is 7.05 Å². The molecular weight excluding hydrogens is 260 g/mol. The molecule has 1 heterocycles. The number of pyridine rings is 1. The molecule has 0 unspecified atom stereocenters. The normalized spacial score (nSPS) is 10.3. The molecule has 1 amide bonds. The molecule has 0 fully saturated rings. The summed E-state index contributed by atoms with van der Waals surface area (Å²) in [5.41, 5.74) is 2.70. The molecule has 3 nitrogen and oxygen atoms in total. The molecule has 0 aliphatic carbocycles. The topological polar surface area (TPSA) is 33.2 Å². The number of nitrogens with zero attached hydrogens (tertiary/aromatic N) is 2. The quantitative estimate of drug-likeness (QED) is 0.860. The Morgan fingerprint density at radius 3 is 2.84 bits per heavy atom. The Morgan fingerprint density at radius 1 is 1.37 bits per heavy atom. The monoisotopic (exact) mass is 274 g/mol. The van der Waals surface area contributed by atoms with E-state index in [0.717, 1.165) is 5.56 Å². The molecule has 0 aliphatic rings. The Morgan fingerprint density at radius 2 is 2.16 bits per heavy atom. The SMILES string of the molecule is Cc1cccc(CN(C)C(=O)c2cnccc2Cl)c1. The van der Waals surface area contributed by atoms with Crippen LogP contribution in [-0.4, -0.2) is 22.8 Å². The minimum absolute atomic E-state index is 0.125. The molecule has 0 saturated carbocycles. The Bertz CT molecular complexity index is 598. The lowest BCUT2D eigenvalue weighted by molar-refractivity contribution is 0.0785. The molecule has 98 valence electrons. The first-order valence-corrected chi connectivity index (χ1v) is 6.36. The van der Waals surface area contributed by atoms with Gasteiger partial charge in [-0.25, -0.2) is 0 Å². The largest absolute Gasteiger partial charge is 0.337 e. The summed E-state index contributed by atoms with van der Waals surface area (Å²) in [6.07, 6.45) is 3.07. The first-order chi connectivity index (χ1) is 9.08. The van der Waals surface area contributed by atoms with Crippen LogP contribution in [0.5, 0.6) is 0 Å². The fourth-order valence-electron chi connectivity index (χ4n) is 1.90. The second kappa shape index (κ2) is 5.85. The molecule has 0 atom stereocenters. The zero-order chi connectivity index (χ0) is 13.8.